The number of carbonyl (C=O) groups is 1. The zero-order valence-electron chi connectivity index (χ0n) is 14.5. The van der Waals surface area contributed by atoms with Crippen LogP contribution in [0.2, 0.25) is 5.02 Å². The molecule has 0 aromatic heterocycles. The van der Waals surface area contributed by atoms with Crippen molar-refractivity contribution in [2.45, 2.75) is 11.3 Å². The van der Waals surface area contributed by atoms with Gasteiger partial charge in [-0.3, -0.25) is 9.52 Å². The van der Waals surface area contributed by atoms with E-state index in [4.69, 9.17) is 11.6 Å². The van der Waals surface area contributed by atoms with Crippen molar-refractivity contribution in [2.75, 3.05) is 10.0 Å². The van der Waals surface area contributed by atoms with Crippen molar-refractivity contribution in [1.29, 1.82) is 0 Å². The molecule has 0 saturated heterocycles. The lowest BCUT2D eigenvalue weighted by atomic mass is 10.1. The highest BCUT2D eigenvalue weighted by Gasteiger charge is 2.15. The van der Waals surface area contributed by atoms with Gasteiger partial charge in [-0.15, -0.1) is 0 Å². The summed E-state index contributed by atoms with van der Waals surface area (Å²) in [7, 11) is -3.75. The van der Waals surface area contributed by atoms with E-state index in [1.165, 1.54) is 42.5 Å². The number of halogens is 2. The predicted octanol–water partition coefficient (Wildman–Crippen LogP) is 4.46. The van der Waals surface area contributed by atoms with Crippen LogP contribution >= 0.6 is 11.6 Å². The number of sulfonamides is 1. The van der Waals surface area contributed by atoms with E-state index < -0.39 is 21.7 Å². The highest BCUT2D eigenvalue weighted by molar-refractivity contribution is 7.92. The van der Waals surface area contributed by atoms with Crippen LogP contribution in [-0.4, -0.2) is 14.3 Å². The molecule has 5 nitrogen and oxygen atoms in total. The normalized spacial score (nSPS) is 11.1. The van der Waals surface area contributed by atoms with Crippen LogP contribution in [0.4, 0.5) is 15.8 Å². The van der Waals surface area contributed by atoms with Gasteiger partial charge in [0.05, 0.1) is 11.3 Å². The summed E-state index contributed by atoms with van der Waals surface area (Å²) >= 11 is 5.92. The van der Waals surface area contributed by atoms with E-state index in [2.05, 4.69) is 10.0 Å². The number of rotatable bonds is 6. The van der Waals surface area contributed by atoms with Gasteiger partial charge in [-0.05, 0) is 48.5 Å². The van der Waals surface area contributed by atoms with Crippen molar-refractivity contribution in [3.63, 3.8) is 0 Å². The average molecular weight is 419 g/mol. The molecular weight excluding hydrogens is 403 g/mol. The van der Waals surface area contributed by atoms with E-state index in [9.17, 15) is 17.6 Å². The second kappa shape index (κ2) is 8.41. The third-order valence-electron chi connectivity index (χ3n) is 3.87. The van der Waals surface area contributed by atoms with Gasteiger partial charge >= 0.3 is 0 Å². The monoisotopic (exact) mass is 418 g/mol. The molecule has 3 rings (SSSR count). The van der Waals surface area contributed by atoms with Crippen molar-refractivity contribution < 1.29 is 17.6 Å². The van der Waals surface area contributed by atoms with Gasteiger partial charge in [0.2, 0.25) is 5.91 Å². The van der Waals surface area contributed by atoms with Crippen LogP contribution in [0.1, 0.15) is 5.56 Å². The molecule has 0 atom stereocenters. The molecule has 0 radical (unpaired) electrons. The second-order valence-corrected chi connectivity index (χ2v) is 8.01. The molecule has 28 heavy (non-hydrogen) atoms. The van der Waals surface area contributed by atoms with Crippen LogP contribution < -0.4 is 10.0 Å². The minimum atomic E-state index is -3.75. The first-order chi connectivity index (χ1) is 13.3. The van der Waals surface area contributed by atoms with Gasteiger partial charge in [-0.1, -0.05) is 35.9 Å². The molecule has 3 aromatic rings. The van der Waals surface area contributed by atoms with Crippen LogP contribution in [-0.2, 0) is 21.2 Å². The topological polar surface area (TPSA) is 75.3 Å². The summed E-state index contributed by atoms with van der Waals surface area (Å²) in [4.78, 5) is 12.2. The molecule has 3 aromatic carbocycles. The number of amides is 1. The summed E-state index contributed by atoms with van der Waals surface area (Å²) in [5.41, 5.74) is 0.936. The predicted molar refractivity (Wildman–Crippen MR) is 107 cm³/mol. The Balaban J connectivity index is 1.68. The first-order valence-electron chi connectivity index (χ1n) is 8.26. The molecule has 0 spiro atoms. The number of carbonyl (C=O) groups excluding carboxylic acids is 1. The molecule has 0 saturated carbocycles. The SMILES string of the molecule is O=C(Cc1c(F)cccc1Cl)Nc1ccc(S(=O)(=O)Nc2ccccc2)cc1. The lowest BCUT2D eigenvalue weighted by Crippen LogP contribution is -2.16. The van der Waals surface area contributed by atoms with E-state index in [0.717, 1.165) is 0 Å². The Hall–Kier alpha value is -2.90. The Morgan fingerprint density at radius 2 is 1.57 bits per heavy atom. The minimum absolute atomic E-state index is 0.0477. The van der Waals surface area contributed by atoms with E-state index in [-0.39, 0.29) is 21.9 Å². The van der Waals surface area contributed by atoms with E-state index in [1.54, 1.807) is 30.3 Å². The number of hydrogen-bond donors (Lipinski definition) is 2. The van der Waals surface area contributed by atoms with Crippen LogP contribution in [0.25, 0.3) is 0 Å². The number of benzene rings is 3. The second-order valence-electron chi connectivity index (χ2n) is 5.92. The third-order valence-corrected chi connectivity index (χ3v) is 5.62. The van der Waals surface area contributed by atoms with Gasteiger partial charge in [-0.2, -0.15) is 0 Å². The molecule has 0 heterocycles. The molecule has 2 N–H and O–H groups in total. The van der Waals surface area contributed by atoms with Gasteiger partial charge in [0.1, 0.15) is 5.82 Å². The van der Waals surface area contributed by atoms with Crippen molar-refractivity contribution in [3.8, 4) is 0 Å². The summed E-state index contributed by atoms with van der Waals surface area (Å²) in [6, 6.07) is 18.4. The zero-order chi connectivity index (χ0) is 20.1. The maximum Gasteiger partial charge on any atom is 0.261 e. The zero-order valence-corrected chi connectivity index (χ0v) is 16.1. The lowest BCUT2D eigenvalue weighted by molar-refractivity contribution is -0.115. The number of anilines is 2. The van der Waals surface area contributed by atoms with E-state index in [1.807, 2.05) is 0 Å². The van der Waals surface area contributed by atoms with Crippen molar-refractivity contribution in [1.82, 2.24) is 0 Å². The maximum absolute atomic E-state index is 13.8. The Bertz CT molecular complexity index is 1070. The highest BCUT2D eigenvalue weighted by atomic mass is 35.5. The number of hydrogen-bond acceptors (Lipinski definition) is 3. The Kier molecular flexibility index (Phi) is 5.96. The van der Waals surface area contributed by atoms with Gasteiger partial charge in [0.25, 0.3) is 10.0 Å². The summed E-state index contributed by atoms with van der Waals surface area (Å²) < 4.78 is 41.0. The number of nitrogens with one attached hydrogen (secondary N) is 2. The Morgan fingerprint density at radius 1 is 0.893 bits per heavy atom. The minimum Gasteiger partial charge on any atom is -0.326 e. The van der Waals surface area contributed by atoms with Crippen LogP contribution in [0.5, 0.6) is 0 Å². The van der Waals surface area contributed by atoms with Gasteiger partial charge in [0, 0.05) is 22.0 Å². The maximum atomic E-state index is 13.8. The summed E-state index contributed by atoms with van der Waals surface area (Å²) in [5.74, 6) is -1.03. The lowest BCUT2D eigenvalue weighted by Gasteiger charge is -2.10. The summed E-state index contributed by atoms with van der Waals surface area (Å²) in [6.07, 6.45) is -0.235. The fourth-order valence-corrected chi connectivity index (χ4v) is 3.79. The molecular formula is C20H16ClFN2O3S. The molecule has 0 aliphatic rings. The van der Waals surface area contributed by atoms with Gasteiger partial charge in [-0.25, -0.2) is 12.8 Å². The van der Waals surface area contributed by atoms with Crippen LogP contribution in [0, 0.1) is 5.82 Å². The fraction of sp³-hybridized carbons (Fsp3) is 0.0500. The van der Waals surface area contributed by atoms with Gasteiger partial charge in [0.15, 0.2) is 0 Å². The molecule has 0 bridgehead atoms. The molecule has 144 valence electrons. The molecule has 0 unspecified atom stereocenters. The molecule has 0 fully saturated rings. The highest BCUT2D eigenvalue weighted by Crippen LogP contribution is 2.21. The van der Waals surface area contributed by atoms with Crippen LogP contribution in [0.3, 0.4) is 0 Å². The first-order valence-corrected chi connectivity index (χ1v) is 10.1. The van der Waals surface area contributed by atoms with Crippen molar-refractivity contribution in [3.05, 3.63) is 89.2 Å². The number of para-hydroxylation sites is 1. The summed E-state index contributed by atoms with van der Waals surface area (Å²) in [6.45, 7) is 0. The third kappa shape index (κ3) is 4.88. The fourth-order valence-electron chi connectivity index (χ4n) is 2.50. The molecule has 8 heteroatoms. The van der Waals surface area contributed by atoms with Crippen molar-refractivity contribution in [2.24, 2.45) is 0 Å². The first kappa shape index (κ1) is 19.9. The summed E-state index contributed by atoms with van der Waals surface area (Å²) in [5, 5.41) is 2.76. The smallest absolute Gasteiger partial charge is 0.261 e. The van der Waals surface area contributed by atoms with Crippen LogP contribution in [0.15, 0.2) is 77.7 Å². The Labute approximate surface area is 167 Å². The quantitative estimate of drug-likeness (QED) is 0.620. The van der Waals surface area contributed by atoms with Gasteiger partial charge < -0.3 is 5.32 Å². The largest absolute Gasteiger partial charge is 0.326 e. The molecule has 0 aliphatic heterocycles. The molecule has 0 aliphatic carbocycles. The Morgan fingerprint density at radius 3 is 2.21 bits per heavy atom. The standard InChI is InChI=1S/C20H16ClFN2O3S/c21-18-7-4-8-19(22)17(18)13-20(25)23-14-9-11-16(12-10-14)28(26,27)24-15-5-2-1-3-6-15/h1-12,24H,13H2,(H,23,25). The molecule has 1 amide bonds. The van der Waals surface area contributed by atoms with E-state index >= 15 is 0 Å². The average Bonchev–Trinajstić information content (AvgIpc) is 2.66. The van der Waals surface area contributed by atoms with E-state index in [0.29, 0.717) is 11.4 Å². The van der Waals surface area contributed by atoms with Crippen molar-refractivity contribution >= 4 is 38.9 Å².